The van der Waals surface area contributed by atoms with Crippen LogP contribution in [0.5, 0.6) is 0 Å². The van der Waals surface area contributed by atoms with Crippen molar-refractivity contribution in [2.24, 2.45) is 0 Å². The number of halogens is 2. The van der Waals surface area contributed by atoms with Gasteiger partial charge in [-0.1, -0.05) is 54.1 Å². The molecule has 2 heterocycles. The topological polar surface area (TPSA) is 81.7 Å². The summed E-state index contributed by atoms with van der Waals surface area (Å²) >= 11 is 6.38. The molecule has 6 nitrogen and oxygen atoms in total. The highest BCUT2D eigenvalue weighted by Gasteiger charge is 2.20. The van der Waals surface area contributed by atoms with Gasteiger partial charge >= 0.3 is 0 Å². The van der Waals surface area contributed by atoms with Crippen LogP contribution < -0.4 is 11.1 Å². The Morgan fingerprint density at radius 3 is 2.39 bits per heavy atom. The van der Waals surface area contributed by atoms with E-state index in [0.717, 1.165) is 6.42 Å². The van der Waals surface area contributed by atoms with E-state index in [1.54, 1.807) is 22.9 Å². The van der Waals surface area contributed by atoms with Crippen molar-refractivity contribution >= 4 is 34.4 Å². The van der Waals surface area contributed by atoms with Gasteiger partial charge in [0.05, 0.1) is 21.8 Å². The third-order valence-corrected chi connectivity index (χ3v) is 5.63. The van der Waals surface area contributed by atoms with Gasteiger partial charge < -0.3 is 11.1 Å². The molecule has 0 aliphatic carbocycles. The van der Waals surface area contributed by atoms with Gasteiger partial charge in [0.15, 0.2) is 5.65 Å². The van der Waals surface area contributed by atoms with Crippen LogP contribution in [-0.4, -0.2) is 26.3 Å². The van der Waals surface area contributed by atoms with Crippen LogP contribution in [0.3, 0.4) is 0 Å². The molecule has 0 unspecified atom stereocenters. The first kappa shape index (κ1) is 20.9. The molecule has 0 aliphatic rings. The average Bonchev–Trinajstić information content (AvgIpc) is 3.16. The number of nitrogen functional groups attached to an aromatic ring is 1. The fourth-order valence-electron chi connectivity index (χ4n) is 3.68. The Morgan fingerprint density at radius 2 is 1.64 bits per heavy atom. The first-order chi connectivity index (χ1) is 16.1. The number of benzene rings is 3. The quantitative estimate of drug-likeness (QED) is 0.350. The average molecular weight is 459 g/mol. The van der Waals surface area contributed by atoms with Crippen LogP contribution in [0.25, 0.3) is 28.0 Å². The molecular formula is C25H20ClFN6. The first-order valence-corrected chi connectivity index (χ1v) is 10.8. The van der Waals surface area contributed by atoms with E-state index < -0.39 is 0 Å². The fourth-order valence-corrected chi connectivity index (χ4v) is 3.89. The van der Waals surface area contributed by atoms with Gasteiger partial charge in [-0.05, 0) is 48.4 Å². The van der Waals surface area contributed by atoms with Gasteiger partial charge in [-0.25, -0.2) is 14.1 Å². The van der Waals surface area contributed by atoms with E-state index in [4.69, 9.17) is 22.3 Å². The van der Waals surface area contributed by atoms with E-state index >= 15 is 0 Å². The molecule has 8 heteroatoms. The maximum Gasteiger partial charge on any atom is 0.225 e. The Labute approximate surface area is 194 Å². The van der Waals surface area contributed by atoms with Crippen LogP contribution >= 0.6 is 11.6 Å². The van der Waals surface area contributed by atoms with Crippen molar-refractivity contribution in [3.05, 3.63) is 95.3 Å². The SMILES string of the molecule is Nc1c2c(-c3ccc(F)cc3)nc(NCCc3ccccc3)nc2nn1-c1ccccc1Cl. The van der Waals surface area contributed by atoms with E-state index in [1.165, 1.54) is 17.7 Å². The zero-order valence-corrected chi connectivity index (χ0v) is 18.3. The summed E-state index contributed by atoms with van der Waals surface area (Å²) < 4.78 is 15.1. The number of hydrogen-bond donors (Lipinski definition) is 2. The van der Waals surface area contributed by atoms with Crippen LogP contribution in [0.2, 0.25) is 5.02 Å². The zero-order chi connectivity index (χ0) is 22.8. The largest absolute Gasteiger partial charge is 0.383 e. The van der Waals surface area contributed by atoms with Crippen molar-refractivity contribution in [3.63, 3.8) is 0 Å². The number of fused-ring (bicyclic) bond motifs is 1. The van der Waals surface area contributed by atoms with Gasteiger partial charge in [-0.3, -0.25) is 0 Å². The molecule has 0 fully saturated rings. The van der Waals surface area contributed by atoms with E-state index in [0.29, 0.717) is 51.3 Å². The van der Waals surface area contributed by atoms with Gasteiger partial charge in [0.25, 0.3) is 0 Å². The number of anilines is 2. The van der Waals surface area contributed by atoms with Crippen molar-refractivity contribution in [3.8, 4) is 16.9 Å². The van der Waals surface area contributed by atoms with E-state index in [-0.39, 0.29) is 5.82 Å². The number of rotatable bonds is 6. The Morgan fingerprint density at radius 1 is 0.909 bits per heavy atom. The molecule has 0 saturated heterocycles. The summed E-state index contributed by atoms with van der Waals surface area (Å²) in [4.78, 5) is 9.31. The Balaban J connectivity index is 1.59. The number of para-hydroxylation sites is 1. The van der Waals surface area contributed by atoms with Gasteiger partial charge in [0.1, 0.15) is 11.6 Å². The molecule has 0 atom stereocenters. The Bertz CT molecular complexity index is 1420. The van der Waals surface area contributed by atoms with Crippen LogP contribution in [0.4, 0.5) is 16.2 Å². The first-order valence-electron chi connectivity index (χ1n) is 10.4. The number of hydrogen-bond acceptors (Lipinski definition) is 5. The second kappa shape index (κ2) is 8.88. The highest BCUT2D eigenvalue weighted by molar-refractivity contribution is 6.32. The van der Waals surface area contributed by atoms with Crippen molar-refractivity contribution in [2.75, 3.05) is 17.6 Å². The van der Waals surface area contributed by atoms with E-state index in [1.807, 2.05) is 36.4 Å². The van der Waals surface area contributed by atoms with Crippen LogP contribution in [0, 0.1) is 5.82 Å². The predicted molar refractivity (Wildman–Crippen MR) is 130 cm³/mol. The van der Waals surface area contributed by atoms with Crippen molar-refractivity contribution in [1.29, 1.82) is 0 Å². The second-order valence-corrected chi connectivity index (χ2v) is 7.92. The predicted octanol–water partition coefficient (Wildman–Crippen LogP) is 5.51. The Kier molecular flexibility index (Phi) is 5.62. The smallest absolute Gasteiger partial charge is 0.225 e. The molecule has 0 spiro atoms. The lowest BCUT2D eigenvalue weighted by atomic mass is 10.1. The molecule has 33 heavy (non-hydrogen) atoms. The standard InChI is InChI=1S/C25H20ClFN6/c26-19-8-4-5-9-20(19)33-23(28)21-22(17-10-12-18(27)13-11-17)30-25(31-24(21)32-33)29-15-14-16-6-2-1-3-7-16/h1-13H,14-15,28H2,(H,29,31,32). The maximum atomic E-state index is 13.6. The lowest BCUT2D eigenvalue weighted by molar-refractivity contribution is 0.628. The van der Waals surface area contributed by atoms with Gasteiger partial charge in [0, 0.05) is 12.1 Å². The highest BCUT2D eigenvalue weighted by atomic mass is 35.5. The molecule has 5 aromatic rings. The zero-order valence-electron chi connectivity index (χ0n) is 17.5. The van der Waals surface area contributed by atoms with Crippen molar-refractivity contribution in [1.82, 2.24) is 19.7 Å². The lowest BCUT2D eigenvalue weighted by Gasteiger charge is -2.09. The van der Waals surface area contributed by atoms with Gasteiger partial charge in [0.2, 0.25) is 5.95 Å². The number of nitrogens with one attached hydrogen (secondary N) is 1. The third-order valence-electron chi connectivity index (χ3n) is 5.31. The summed E-state index contributed by atoms with van der Waals surface area (Å²) in [6, 6.07) is 23.5. The summed E-state index contributed by atoms with van der Waals surface area (Å²) in [5.41, 5.74) is 10.0. The molecule has 164 valence electrons. The van der Waals surface area contributed by atoms with Crippen LogP contribution in [0.1, 0.15) is 5.56 Å². The second-order valence-electron chi connectivity index (χ2n) is 7.51. The van der Waals surface area contributed by atoms with E-state index in [2.05, 4.69) is 27.5 Å². The number of aromatic nitrogens is 4. The monoisotopic (exact) mass is 458 g/mol. The molecule has 0 bridgehead atoms. The van der Waals surface area contributed by atoms with Gasteiger partial charge in [-0.15, -0.1) is 5.10 Å². The molecule has 0 aliphatic heterocycles. The van der Waals surface area contributed by atoms with E-state index in [9.17, 15) is 4.39 Å². The summed E-state index contributed by atoms with van der Waals surface area (Å²) in [5.74, 6) is 0.444. The molecule has 3 N–H and O–H groups in total. The van der Waals surface area contributed by atoms with Crippen LogP contribution in [-0.2, 0) is 6.42 Å². The summed E-state index contributed by atoms with van der Waals surface area (Å²) in [6.45, 7) is 0.638. The normalized spacial score (nSPS) is 11.1. The van der Waals surface area contributed by atoms with Crippen molar-refractivity contribution in [2.45, 2.75) is 6.42 Å². The highest BCUT2D eigenvalue weighted by Crippen LogP contribution is 2.34. The molecule has 0 radical (unpaired) electrons. The molecular weight excluding hydrogens is 439 g/mol. The Hall–Kier alpha value is -3.97. The molecule has 2 aromatic heterocycles. The van der Waals surface area contributed by atoms with Crippen LogP contribution in [0.15, 0.2) is 78.9 Å². The van der Waals surface area contributed by atoms with Gasteiger partial charge in [-0.2, -0.15) is 4.98 Å². The summed E-state index contributed by atoms with van der Waals surface area (Å²) in [6.07, 6.45) is 0.810. The fraction of sp³-hybridized carbons (Fsp3) is 0.0800. The maximum absolute atomic E-state index is 13.6. The minimum Gasteiger partial charge on any atom is -0.383 e. The molecule has 0 amide bonds. The minimum atomic E-state index is -0.329. The minimum absolute atomic E-state index is 0.329. The van der Waals surface area contributed by atoms with Crippen molar-refractivity contribution < 1.29 is 4.39 Å². The molecule has 3 aromatic carbocycles. The third kappa shape index (κ3) is 4.23. The lowest BCUT2D eigenvalue weighted by Crippen LogP contribution is -2.08. The molecule has 5 rings (SSSR count). The summed E-state index contributed by atoms with van der Waals surface area (Å²) in [7, 11) is 0. The molecule has 0 saturated carbocycles. The number of nitrogens with zero attached hydrogens (tertiary/aromatic N) is 4. The number of nitrogens with two attached hydrogens (primary N) is 1. The summed E-state index contributed by atoms with van der Waals surface area (Å²) in [5, 5.41) is 8.98.